The minimum atomic E-state index is 0.593. The maximum atomic E-state index is 5.48. The predicted octanol–water partition coefficient (Wildman–Crippen LogP) is 1.97. The first kappa shape index (κ1) is 12.8. The summed E-state index contributed by atoms with van der Waals surface area (Å²) in [6.07, 6.45) is 0. The third-order valence-electron chi connectivity index (χ3n) is 2.38. The maximum Gasteiger partial charge on any atom is 0.256 e. The van der Waals surface area contributed by atoms with E-state index in [0.717, 1.165) is 17.1 Å². The van der Waals surface area contributed by atoms with Crippen LogP contribution in [0.5, 0.6) is 0 Å². The van der Waals surface area contributed by atoms with Gasteiger partial charge in [0.05, 0.1) is 11.4 Å². The van der Waals surface area contributed by atoms with Crippen LogP contribution in [-0.2, 0) is 5.75 Å². The normalized spacial score (nSPS) is 10.7. The van der Waals surface area contributed by atoms with Crippen molar-refractivity contribution in [1.82, 2.24) is 15.0 Å². The van der Waals surface area contributed by atoms with E-state index < -0.39 is 0 Å². The van der Waals surface area contributed by atoms with Crippen molar-refractivity contribution in [2.24, 2.45) is 5.84 Å². The molecule has 0 saturated heterocycles. The summed E-state index contributed by atoms with van der Waals surface area (Å²) in [5.41, 5.74) is 4.30. The number of nitrogens with two attached hydrogens (primary N) is 1. The van der Waals surface area contributed by atoms with E-state index in [1.165, 1.54) is 11.8 Å². The highest BCUT2D eigenvalue weighted by Crippen LogP contribution is 2.23. The summed E-state index contributed by atoms with van der Waals surface area (Å²) in [7, 11) is 0. The topological polar surface area (TPSA) is 89.9 Å². The Morgan fingerprint density at radius 1 is 1.28 bits per heavy atom. The Balaban J connectivity index is 2.07. The molecular weight excluding hydrogens is 250 g/mol. The Morgan fingerprint density at radius 2 is 2.06 bits per heavy atom. The number of hydrogen-bond acceptors (Lipinski definition) is 7. The molecule has 2 heterocycles. The highest BCUT2D eigenvalue weighted by molar-refractivity contribution is 7.98. The number of oxazole rings is 1. The maximum absolute atomic E-state index is 5.48. The minimum Gasteiger partial charge on any atom is -0.437 e. The van der Waals surface area contributed by atoms with Crippen LogP contribution in [0.1, 0.15) is 23.0 Å². The van der Waals surface area contributed by atoms with E-state index in [1.807, 2.05) is 20.8 Å². The molecule has 0 spiro atoms. The van der Waals surface area contributed by atoms with E-state index in [4.69, 9.17) is 10.3 Å². The summed E-state index contributed by atoms with van der Waals surface area (Å²) in [5.74, 6) is 8.08. The van der Waals surface area contributed by atoms with Gasteiger partial charge < -0.3 is 9.84 Å². The number of nitrogens with zero attached hydrogens (tertiary/aromatic N) is 3. The van der Waals surface area contributed by atoms with Gasteiger partial charge >= 0.3 is 0 Å². The second-order valence-electron chi connectivity index (χ2n) is 3.87. The molecule has 0 amide bonds. The van der Waals surface area contributed by atoms with Gasteiger partial charge in [-0.15, -0.1) is 0 Å². The number of hydrogen-bond donors (Lipinski definition) is 2. The predicted molar refractivity (Wildman–Crippen MR) is 70.1 cm³/mol. The molecule has 2 rings (SSSR count). The first-order chi connectivity index (χ1) is 8.58. The van der Waals surface area contributed by atoms with Gasteiger partial charge in [0.2, 0.25) is 0 Å². The molecule has 0 aliphatic heterocycles. The molecule has 2 aromatic rings. The molecule has 0 radical (unpaired) electrons. The third-order valence-corrected chi connectivity index (χ3v) is 3.21. The van der Waals surface area contributed by atoms with Crippen LogP contribution in [0.4, 0.5) is 5.82 Å². The van der Waals surface area contributed by atoms with Gasteiger partial charge in [-0.3, -0.25) is 0 Å². The van der Waals surface area contributed by atoms with Crippen molar-refractivity contribution in [3.8, 4) is 0 Å². The number of anilines is 1. The number of rotatable bonds is 4. The molecule has 18 heavy (non-hydrogen) atoms. The lowest BCUT2D eigenvalue weighted by Crippen LogP contribution is -2.10. The van der Waals surface area contributed by atoms with Crippen molar-refractivity contribution in [3.63, 3.8) is 0 Å². The first-order valence-corrected chi connectivity index (χ1v) is 6.45. The molecule has 0 aliphatic carbocycles. The summed E-state index contributed by atoms with van der Waals surface area (Å²) in [6.45, 7) is 5.71. The molecule has 0 saturated carbocycles. The van der Waals surface area contributed by atoms with Crippen LogP contribution in [0.3, 0.4) is 0 Å². The lowest BCUT2D eigenvalue weighted by atomic mass is 10.4. The molecule has 0 aromatic carbocycles. The lowest BCUT2D eigenvalue weighted by Gasteiger charge is -2.03. The van der Waals surface area contributed by atoms with E-state index in [9.17, 15) is 0 Å². The summed E-state index contributed by atoms with van der Waals surface area (Å²) in [5, 5.41) is 0.636. The van der Waals surface area contributed by atoms with E-state index in [0.29, 0.717) is 22.6 Å². The average Bonchev–Trinajstić information content (AvgIpc) is 2.65. The van der Waals surface area contributed by atoms with E-state index in [2.05, 4.69) is 20.4 Å². The Morgan fingerprint density at radius 3 is 2.67 bits per heavy atom. The smallest absolute Gasteiger partial charge is 0.256 e. The zero-order valence-electron chi connectivity index (χ0n) is 10.5. The van der Waals surface area contributed by atoms with Gasteiger partial charge in [-0.25, -0.2) is 20.8 Å². The molecule has 0 atom stereocenters. The highest BCUT2D eigenvalue weighted by atomic mass is 32.2. The SMILES string of the molecule is Cc1cc(NN)nc(CSc2nc(C)c(C)o2)n1. The van der Waals surface area contributed by atoms with Crippen LogP contribution in [0, 0.1) is 20.8 Å². The number of nitrogen functional groups attached to an aromatic ring is 1. The van der Waals surface area contributed by atoms with Crippen molar-refractivity contribution in [2.75, 3.05) is 5.43 Å². The molecule has 0 aliphatic rings. The van der Waals surface area contributed by atoms with Crippen molar-refractivity contribution in [3.05, 3.63) is 29.0 Å². The molecule has 2 aromatic heterocycles. The number of nitrogens with one attached hydrogen (secondary N) is 1. The van der Waals surface area contributed by atoms with Gasteiger partial charge in [0, 0.05) is 11.8 Å². The molecule has 0 unspecified atom stereocenters. The molecule has 6 nitrogen and oxygen atoms in total. The van der Waals surface area contributed by atoms with Gasteiger partial charge in [-0.2, -0.15) is 0 Å². The van der Waals surface area contributed by atoms with Crippen molar-refractivity contribution in [1.29, 1.82) is 0 Å². The van der Waals surface area contributed by atoms with Crippen LogP contribution in [0.2, 0.25) is 0 Å². The zero-order chi connectivity index (χ0) is 13.1. The van der Waals surface area contributed by atoms with Crippen molar-refractivity contribution < 1.29 is 4.42 Å². The van der Waals surface area contributed by atoms with Gasteiger partial charge in [-0.05, 0) is 20.8 Å². The quantitative estimate of drug-likeness (QED) is 0.496. The number of aromatic nitrogens is 3. The fourth-order valence-electron chi connectivity index (χ4n) is 1.40. The largest absolute Gasteiger partial charge is 0.437 e. The summed E-state index contributed by atoms with van der Waals surface area (Å²) in [6, 6.07) is 1.79. The zero-order valence-corrected chi connectivity index (χ0v) is 11.3. The van der Waals surface area contributed by atoms with Crippen LogP contribution in [0.25, 0.3) is 0 Å². The van der Waals surface area contributed by atoms with Gasteiger partial charge in [-0.1, -0.05) is 11.8 Å². The van der Waals surface area contributed by atoms with Crippen LogP contribution < -0.4 is 11.3 Å². The van der Waals surface area contributed by atoms with E-state index in [-0.39, 0.29) is 0 Å². The first-order valence-electron chi connectivity index (χ1n) is 5.46. The Kier molecular flexibility index (Phi) is 3.83. The van der Waals surface area contributed by atoms with E-state index >= 15 is 0 Å². The molecule has 7 heteroatoms. The third kappa shape index (κ3) is 2.99. The number of hydrazine groups is 1. The summed E-state index contributed by atoms with van der Waals surface area (Å²) >= 11 is 1.47. The fraction of sp³-hybridized carbons (Fsp3) is 0.364. The molecule has 96 valence electrons. The second kappa shape index (κ2) is 5.36. The Bertz CT molecular complexity index is 535. The van der Waals surface area contributed by atoms with Gasteiger partial charge in [0.15, 0.2) is 0 Å². The van der Waals surface area contributed by atoms with E-state index in [1.54, 1.807) is 6.07 Å². The van der Waals surface area contributed by atoms with Crippen LogP contribution >= 0.6 is 11.8 Å². The molecular formula is C11H15N5OS. The fourth-order valence-corrected chi connectivity index (χ4v) is 2.17. The van der Waals surface area contributed by atoms with Gasteiger partial charge in [0.25, 0.3) is 5.22 Å². The summed E-state index contributed by atoms with van der Waals surface area (Å²) < 4.78 is 5.48. The minimum absolute atomic E-state index is 0.593. The van der Waals surface area contributed by atoms with Crippen molar-refractivity contribution in [2.45, 2.75) is 31.7 Å². The van der Waals surface area contributed by atoms with Crippen LogP contribution in [-0.4, -0.2) is 15.0 Å². The monoisotopic (exact) mass is 265 g/mol. The average molecular weight is 265 g/mol. The molecule has 3 N–H and O–H groups in total. The lowest BCUT2D eigenvalue weighted by molar-refractivity contribution is 0.431. The molecule has 0 fully saturated rings. The number of thioether (sulfide) groups is 1. The Labute approximate surface area is 109 Å². The second-order valence-corrected chi connectivity index (χ2v) is 4.79. The highest BCUT2D eigenvalue weighted by Gasteiger charge is 2.08. The van der Waals surface area contributed by atoms with Crippen LogP contribution in [0.15, 0.2) is 15.7 Å². The van der Waals surface area contributed by atoms with Crippen molar-refractivity contribution >= 4 is 17.6 Å². The van der Waals surface area contributed by atoms with Gasteiger partial charge in [0.1, 0.15) is 17.4 Å². The molecule has 0 bridgehead atoms. The standard InChI is InChI=1S/C11H15N5OS/c1-6-4-9(16-12)15-10(13-6)5-18-11-14-7(2)8(3)17-11/h4H,5,12H2,1-3H3,(H,13,15,16). The Hall–Kier alpha value is -1.60. The summed E-state index contributed by atoms with van der Waals surface area (Å²) in [4.78, 5) is 12.9. The number of aryl methyl sites for hydroxylation is 3.